The molecule has 0 aliphatic heterocycles. The largest absolute Gasteiger partial charge is 0.492 e. The van der Waals surface area contributed by atoms with Crippen molar-refractivity contribution >= 4 is 12.6 Å². The van der Waals surface area contributed by atoms with Gasteiger partial charge in [0.15, 0.2) is 6.61 Å². The molecule has 7 heteroatoms. The molecule has 0 bridgehead atoms. The number of alkyl halides is 3. The minimum Gasteiger partial charge on any atom is -0.484 e. The SMILES string of the molecule is Cc1ccc(OCC(F)(F)F)c(B(O)O)c1. The Labute approximate surface area is 90.6 Å². The fraction of sp³-hybridized carbons (Fsp3) is 0.333. The van der Waals surface area contributed by atoms with Gasteiger partial charge in [0, 0.05) is 5.46 Å². The van der Waals surface area contributed by atoms with Gasteiger partial charge in [0.2, 0.25) is 0 Å². The second kappa shape index (κ2) is 4.75. The van der Waals surface area contributed by atoms with Crippen LogP contribution in [0, 0.1) is 6.92 Å². The number of halogens is 3. The zero-order valence-electron chi connectivity index (χ0n) is 8.45. The lowest BCUT2D eigenvalue weighted by Crippen LogP contribution is -2.33. The molecule has 1 aromatic rings. The van der Waals surface area contributed by atoms with Crippen molar-refractivity contribution in [2.45, 2.75) is 13.1 Å². The highest BCUT2D eigenvalue weighted by atomic mass is 19.4. The zero-order chi connectivity index (χ0) is 12.3. The van der Waals surface area contributed by atoms with E-state index in [4.69, 9.17) is 10.0 Å². The Hall–Kier alpha value is -1.21. The van der Waals surface area contributed by atoms with E-state index in [0.717, 1.165) is 0 Å². The third-order valence-electron chi connectivity index (χ3n) is 1.83. The Morgan fingerprint density at radius 3 is 2.44 bits per heavy atom. The maximum absolute atomic E-state index is 11.9. The summed E-state index contributed by atoms with van der Waals surface area (Å²) in [6, 6.07) is 4.16. The van der Waals surface area contributed by atoms with E-state index in [1.807, 2.05) is 0 Å². The lowest BCUT2D eigenvalue weighted by atomic mass is 9.79. The van der Waals surface area contributed by atoms with Crippen molar-refractivity contribution in [3.05, 3.63) is 23.8 Å². The first-order valence-corrected chi connectivity index (χ1v) is 4.46. The number of ether oxygens (including phenoxy) is 1. The van der Waals surface area contributed by atoms with Gasteiger partial charge in [-0.05, 0) is 13.0 Å². The summed E-state index contributed by atoms with van der Waals surface area (Å²) in [5.41, 5.74) is 0.617. The molecule has 0 heterocycles. The molecule has 0 unspecified atom stereocenters. The van der Waals surface area contributed by atoms with Crippen LogP contribution in [0.2, 0.25) is 0 Å². The van der Waals surface area contributed by atoms with Gasteiger partial charge in [-0.3, -0.25) is 0 Å². The van der Waals surface area contributed by atoms with Crippen molar-refractivity contribution < 1.29 is 28.0 Å². The van der Waals surface area contributed by atoms with E-state index in [2.05, 4.69) is 4.74 Å². The van der Waals surface area contributed by atoms with E-state index in [0.29, 0.717) is 5.56 Å². The summed E-state index contributed by atoms with van der Waals surface area (Å²) in [7, 11) is -1.86. The topological polar surface area (TPSA) is 49.7 Å². The summed E-state index contributed by atoms with van der Waals surface area (Å²) in [6.07, 6.45) is -4.46. The first kappa shape index (κ1) is 12.9. The van der Waals surface area contributed by atoms with Gasteiger partial charge in [-0.2, -0.15) is 13.2 Å². The number of rotatable bonds is 3. The molecule has 0 fully saturated rings. The van der Waals surface area contributed by atoms with Gasteiger partial charge >= 0.3 is 13.3 Å². The van der Waals surface area contributed by atoms with Gasteiger partial charge in [-0.25, -0.2) is 0 Å². The quantitative estimate of drug-likeness (QED) is 0.753. The summed E-state index contributed by atoms with van der Waals surface area (Å²) in [6.45, 7) is 0.217. The minimum absolute atomic E-state index is 0.0794. The minimum atomic E-state index is -4.46. The lowest BCUT2D eigenvalue weighted by Gasteiger charge is -2.13. The normalized spacial score (nSPS) is 11.4. The highest BCUT2D eigenvalue weighted by Crippen LogP contribution is 2.17. The van der Waals surface area contributed by atoms with Gasteiger partial charge < -0.3 is 14.8 Å². The predicted molar refractivity (Wildman–Crippen MR) is 52.6 cm³/mol. The Morgan fingerprint density at radius 1 is 1.31 bits per heavy atom. The first-order valence-electron chi connectivity index (χ1n) is 4.46. The highest BCUT2D eigenvalue weighted by molar-refractivity contribution is 6.59. The van der Waals surface area contributed by atoms with E-state index in [9.17, 15) is 13.2 Å². The van der Waals surface area contributed by atoms with E-state index in [1.165, 1.54) is 18.2 Å². The van der Waals surface area contributed by atoms with Gasteiger partial charge in [0.05, 0.1) is 0 Å². The molecule has 0 spiro atoms. The molecule has 1 aromatic carbocycles. The monoisotopic (exact) mass is 234 g/mol. The summed E-state index contributed by atoms with van der Waals surface area (Å²) in [4.78, 5) is 0. The van der Waals surface area contributed by atoms with Crippen LogP contribution in [0.15, 0.2) is 18.2 Å². The lowest BCUT2D eigenvalue weighted by molar-refractivity contribution is -0.153. The van der Waals surface area contributed by atoms with Crippen LogP contribution in [-0.2, 0) is 0 Å². The van der Waals surface area contributed by atoms with Crippen LogP contribution in [0.1, 0.15) is 5.56 Å². The van der Waals surface area contributed by atoms with Gasteiger partial charge in [0.25, 0.3) is 0 Å². The van der Waals surface area contributed by atoms with E-state index in [-0.39, 0.29) is 11.2 Å². The second-order valence-electron chi connectivity index (χ2n) is 3.32. The molecule has 0 aliphatic rings. The second-order valence-corrected chi connectivity index (χ2v) is 3.32. The molecule has 0 saturated carbocycles. The third-order valence-corrected chi connectivity index (χ3v) is 1.83. The Kier molecular flexibility index (Phi) is 3.82. The molecule has 88 valence electrons. The number of aryl methyl sites for hydroxylation is 1. The number of hydrogen-bond acceptors (Lipinski definition) is 3. The van der Waals surface area contributed by atoms with Gasteiger partial charge in [0.1, 0.15) is 5.75 Å². The fourth-order valence-electron chi connectivity index (χ4n) is 1.16. The molecule has 0 saturated heterocycles. The van der Waals surface area contributed by atoms with Crippen LogP contribution >= 0.6 is 0 Å². The van der Waals surface area contributed by atoms with Crippen molar-refractivity contribution in [1.82, 2.24) is 0 Å². The molecule has 2 N–H and O–H groups in total. The third kappa shape index (κ3) is 3.75. The van der Waals surface area contributed by atoms with Crippen LogP contribution < -0.4 is 10.2 Å². The summed E-state index contributed by atoms with van der Waals surface area (Å²) < 4.78 is 40.2. The molecule has 1 rings (SSSR count). The molecule has 0 radical (unpaired) electrons. The summed E-state index contributed by atoms with van der Waals surface area (Å²) in [5.74, 6) is -0.182. The maximum Gasteiger partial charge on any atom is 0.492 e. The maximum atomic E-state index is 11.9. The van der Waals surface area contributed by atoms with Crippen molar-refractivity contribution in [2.75, 3.05) is 6.61 Å². The molecular formula is C9H10BF3O3. The molecule has 0 amide bonds. The summed E-state index contributed by atoms with van der Waals surface area (Å²) in [5, 5.41) is 17.9. The van der Waals surface area contributed by atoms with Crippen LogP contribution in [0.5, 0.6) is 5.75 Å². The number of benzene rings is 1. The molecule has 3 nitrogen and oxygen atoms in total. The highest BCUT2D eigenvalue weighted by Gasteiger charge is 2.29. The smallest absolute Gasteiger partial charge is 0.484 e. The van der Waals surface area contributed by atoms with E-state index in [1.54, 1.807) is 6.92 Å². The Balaban J connectivity index is 2.87. The van der Waals surface area contributed by atoms with Crippen LogP contribution in [0.4, 0.5) is 13.2 Å². The van der Waals surface area contributed by atoms with Crippen molar-refractivity contribution in [3.8, 4) is 5.75 Å². The fourth-order valence-corrected chi connectivity index (χ4v) is 1.16. The van der Waals surface area contributed by atoms with E-state index >= 15 is 0 Å². The van der Waals surface area contributed by atoms with Crippen LogP contribution in [0.3, 0.4) is 0 Å². The van der Waals surface area contributed by atoms with Crippen LogP contribution in [0.25, 0.3) is 0 Å². The molecular weight excluding hydrogens is 224 g/mol. The molecule has 0 aromatic heterocycles. The first-order chi connectivity index (χ1) is 7.29. The van der Waals surface area contributed by atoms with Crippen LogP contribution in [-0.4, -0.2) is 29.9 Å². The molecule has 16 heavy (non-hydrogen) atoms. The molecule has 0 atom stereocenters. The number of hydrogen-bond donors (Lipinski definition) is 2. The van der Waals surface area contributed by atoms with Crippen molar-refractivity contribution in [2.24, 2.45) is 0 Å². The zero-order valence-corrected chi connectivity index (χ0v) is 8.45. The standard InChI is InChI=1S/C9H10BF3O3/c1-6-2-3-8(7(4-6)10(14)15)16-5-9(11,12)13/h2-4,14-15H,5H2,1H3. The average molecular weight is 234 g/mol. The van der Waals surface area contributed by atoms with Gasteiger partial charge in [-0.1, -0.05) is 17.7 Å². The Bertz CT molecular complexity index is 366. The molecule has 0 aliphatic carbocycles. The predicted octanol–water partition coefficient (Wildman–Crippen LogP) is 0.616. The average Bonchev–Trinajstić information content (AvgIpc) is 2.14. The van der Waals surface area contributed by atoms with Crippen molar-refractivity contribution in [1.29, 1.82) is 0 Å². The van der Waals surface area contributed by atoms with Gasteiger partial charge in [-0.15, -0.1) is 0 Å². The Morgan fingerprint density at radius 2 is 1.94 bits per heavy atom. The summed E-state index contributed by atoms with van der Waals surface area (Å²) >= 11 is 0. The van der Waals surface area contributed by atoms with Crippen molar-refractivity contribution in [3.63, 3.8) is 0 Å². The van der Waals surface area contributed by atoms with E-state index < -0.39 is 19.9 Å².